The summed E-state index contributed by atoms with van der Waals surface area (Å²) in [7, 11) is 0. The summed E-state index contributed by atoms with van der Waals surface area (Å²) < 4.78 is 7.90. The third-order valence-corrected chi connectivity index (χ3v) is 7.29. The second kappa shape index (κ2) is 11.8. The van der Waals surface area contributed by atoms with Crippen LogP contribution in [0.2, 0.25) is 0 Å². The van der Waals surface area contributed by atoms with Gasteiger partial charge >= 0.3 is 6.03 Å². The highest BCUT2D eigenvalue weighted by Gasteiger charge is 2.24. The van der Waals surface area contributed by atoms with Crippen LogP contribution < -0.4 is 20.7 Å². The van der Waals surface area contributed by atoms with Crippen LogP contribution in [-0.4, -0.2) is 37.7 Å². The Bertz CT molecular complexity index is 1840. The molecule has 0 saturated heterocycles. The molecule has 0 radical (unpaired) electrons. The van der Waals surface area contributed by atoms with Gasteiger partial charge in [0.15, 0.2) is 0 Å². The first-order chi connectivity index (χ1) is 21.1. The van der Waals surface area contributed by atoms with Crippen molar-refractivity contribution in [1.82, 2.24) is 25.1 Å². The minimum atomic E-state index is -0.401. The number of benzene rings is 3. The zero-order valence-electron chi connectivity index (χ0n) is 25.2. The van der Waals surface area contributed by atoms with Crippen molar-refractivity contribution >= 4 is 34.2 Å². The number of hydrogen-bond donors (Lipinski definition) is 3. The molecule has 10 nitrogen and oxygen atoms in total. The summed E-state index contributed by atoms with van der Waals surface area (Å²) in [5.74, 6) is 1.74. The maximum atomic E-state index is 13.4. The molecule has 5 aromatic rings. The van der Waals surface area contributed by atoms with Gasteiger partial charge < -0.3 is 15.4 Å². The van der Waals surface area contributed by atoms with Crippen LogP contribution in [0.25, 0.3) is 16.5 Å². The molecule has 10 heteroatoms. The molecular formula is C34H35N7O3. The number of hydrogen-bond acceptors (Lipinski definition) is 6. The third kappa shape index (κ3) is 6.70. The monoisotopic (exact) mass is 589 g/mol. The molecule has 224 valence electrons. The molecule has 3 amide bonds. The predicted molar refractivity (Wildman–Crippen MR) is 171 cm³/mol. The molecule has 44 heavy (non-hydrogen) atoms. The predicted octanol–water partition coefficient (Wildman–Crippen LogP) is 6.68. The van der Waals surface area contributed by atoms with Gasteiger partial charge in [0.05, 0.1) is 23.5 Å². The Morgan fingerprint density at radius 3 is 2.43 bits per heavy atom. The first-order valence-electron chi connectivity index (χ1n) is 14.7. The summed E-state index contributed by atoms with van der Waals surface area (Å²) in [5.41, 5.74) is 3.26. The highest BCUT2D eigenvalue weighted by atomic mass is 16.5. The molecule has 3 aromatic carbocycles. The smallest absolute Gasteiger partial charge is 0.324 e. The number of aryl methyl sites for hydroxylation is 1. The summed E-state index contributed by atoms with van der Waals surface area (Å²) in [6.45, 7) is 8.29. The molecule has 2 heterocycles. The fourth-order valence-electron chi connectivity index (χ4n) is 4.74. The second-order valence-corrected chi connectivity index (χ2v) is 12.1. The Kier molecular flexibility index (Phi) is 7.73. The van der Waals surface area contributed by atoms with E-state index >= 15 is 0 Å². The molecule has 1 aliphatic carbocycles. The summed E-state index contributed by atoms with van der Waals surface area (Å²) in [6.07, 6.45) is 3.71. The molecule has 1 saturated carbocycles. The van der Waals surface area contributed by atoms with E-state index in [9.17, 15) is 9.59 Å². The zero-order valence-corrected chi connectivity index (χ0v) is 25.2. The third-order valence-electron chi connectivity index (χ3n) is 7.29. The molecule has 2 aromatic heterocycles. The first kappa shape index (κ1) is 28.9. The fraction of sp³-hybridized carbons (Fsp3) is 0.265. The Labute approximate surface area is 255 Å². The van der Waals surface area contributed by atoms with E-state index in [1.54, 1.807) is 29.1 Å². The summed E-state index contributed by atoms with van der Waals surface area (Å²) in [5, 5.41) is 15.3. The lowest BCUT2D eigenvalue weighted by Gasteiger charge is -2.14. The molecule has 6 rings (SSSR count). The van der Waals surface area contributed by atoms with Gasteiger partial charge in [0, 0.05) is 40.6 Å². The lowest BCUT2D eigenvalue weighted by Crippen LogP contribution is -2.27. The number of fused-ring (bicyclic) bond motifs is 1. The van der Waals surface area contributed by atoms with Crippen LogP contribution in [0.5, 0.6) is 11.6 Å². The Hall–Kier alpha value is -5.25. The molecule has 0 atom stereocenters. The SMILES string of the molecule is Cc1ccc(-n2nc(C(C)(C)C)cc2NC(=O)Nc2ccc(Oc3ccnc(CC(=O)NC4CC4)n3)c3ccccc23)cc1. The average Bonchev–Trinajstić information content (AvgIpc) is 3.69. The van der Waals surface area contributed by atoms with Crippen LogP contribution in [0.1, 0.15) is 50.7 Å². The van der Waals surface area contributed by atoms with Gasteiger partial charge in [0.25, 0.3) is 0 Å². The van der Waals surface area contributed by atoms with Gasteiger partial charge in [-0.05, 0) is 44.0 Å². The summed E-state index contributed by atoms with van der Waals surface area (Å²) >= 11 is 0. The number of nitrogens with zero attached hydrogens (tertiary/aromatic N) is 4. The largest absolute Gasteiger partial charge is 0.438 e. The molecule has 0 unspecified atom stereocenters. The van der Waals surface area contributed by atoms with Crippen LogP contribution >= 0.6 is 0 Å². The Morgan fingerprint density at radius 2 is 1.70 bits per heavy atom. The number of carbonyl (C=O) groups excluding carboxylic acids is 2. The fourth-order valence-corrected chi connectivity index (χ4v) is 4.74. The molecular weight excluding hydrogens is 554 g/mol. The average molecular weight is 590 g/mol. The molecule has 1 fully saturated rings. The van der Waals surface area contributed by atoms with Crippen molar-refractivity contribution in [3.05, 3.63) is 96.1 Å². The highest BCUT2D eigenvalue weighted by Crippen LogP contribution is 2.34. The number of urea groups is 1. The standard InChI is InChI=1S/C34H35N7O3/c1-21-9-13-23(14-10-21)41-30(19-28(40-41)34(2,3)4)39-33(43)37-26-15-16-27(25-8-6-5-7-24(25)26)44-32-17-18-35-29(38-32)20-31(42)36-22-11-12-22/h5-10,13-19,22H,11-12,20H2,1-4H3,(H,36,42)(H2,37,39,43). The van der Waals surface area contributed by atoms with Crippen molar-refractivity contribution in [3.8, 4) is 17.3 Å². The lowest BCUT2D eigenvalue weighted by molar-refractivity contribution is -0.120. The lowest BCUT2D eigenvalue weighted by atomic mass is 9.92. The number of nitrogens with one attached hydrogen (secondary N) is 3. The van der Waals surface area contributed by atoms with Gasteiger partial charge in [0.2, 0.25) is 11.8 Å². The number of amides is 3. The van der Waals surface area contributed by atoms with E-state index in [-0.39, 0.29) is 23.8 Å². The highest BCUT2D eigenvalue weighted by molar-refractivity contribution is 6.07. The molecule has 0 spiro atoms. The number of ether oxygens (including phenoxy) is 1. The molecule has 0 aliphatic heterocycles. The van der Waals surface area contributed by atoms with Gasteiger partial charge in [-0.15, -0.1) is 0 Å². The maximum Gasteiger partial charge on any atom is 0.324 e. The normalized spacial score (nSPS) is 13.0. The van der Waals surface area contributed by atoms with Crippen molar-refractivity contribution in [3.63, 3.8) is 0 Å². The summed E-state index contributed by atoms with van der Waals surface area (Å²) in [6, 6.07) is 22.6. The Balaban J connectivity index is 1.21. The molecule has 3 N–H and O–H groups in total. The number of anilines is 2. The van der Waals surface area contributed by atoms with Gasteiger partial charge in [-0.1, -0.05) is 62.7 Å². The van der Waals surface area contributed by atoms with Gasteiger partial charge in [-0.2, -0.15) is 10.1 Å². The van der Waals surface area contributed by atoms with Crippen LogP contribution in [0.4, 0.5) is 16.3 Å². The van der Waals surface area contributed by atoms with E-state index in [4.69, 9.17) is 9.84 Å². The summed E-state index contributed by atoms with van der Waals surface area (Å²) in [4.78, 5) is 34.2. The van der Waals surface area contributed by atoms with Crippen LogP contribution in [-0.2, 0) is 16.6 Å². The number of aromatic nitrogens is 4. The van der Waals surface area contributed by atoms with Crippen LogP contribution in [0.15, 0.2) is 79.0 Å². The minimum absolute atomic E-state index is 0.0898. The Morgan fingerprint density at radius 1 is 0.955 bits per heavy atom. The minimum Gasteiger partial charge on any atom is -0.438 e. The van der Waals surface area contributed by atoms with Gasteiger partial charge in [-0.25, -0.2) is 14.5 Å². The van der Waals surface area contributed by atoms with E-state index in [1.807, 2.05) is 61.5 Å². The van der Waals surface area contributed by atoms with E-state index in [1.165, 1.54) is 0 Å². The topological polar surface area (TPSA) is 123 Å². The zero-order chi connectivity index (χ0) is 30.8. The van der Waals surface area contributed by atoms with Crippen molar-refractivity contribution in [2.45, 2.75) is 58.4 Å². The van der Waals surface area contributed by atoms with E-state index < -0.39 is 6.03 Å². The van der Waals surface area contributed by atoms with E-state index in [2.05, 4.69) is 46.7 Å². The van der Waals surface area contributed by atoms with Crippen LogP contribution in [0, 0.1) is 6.92 Å². The number of rotatable bonds is 8. The van der Waals surface area contributed by atoms with Gasteiger partial charge in [0.1, 0.15) is 17.4 Å². The first-order valence-corrected chi connectivity index (χ1v) is 14.7. The van der Waals surface area contributed by atoms with Crippen molar-refractivity contribution < 1.29 is 14.3 Å². The second-order valence-electron chi connectivity index (χ2n) is 12.1. The quantitative estimate of drug-likeness (QED) is 0.186. The molecule has 1 aliphatic rings. The molecule has 0 bridgehead atoms. The van der Waals surface area contributed by atoms with Crippen molar-refractivity contribution in [2.75, 3.05) is 10.6 Å². The maximum absolute atomic E-state index is 13.4. The number of carbonyl (C=O) groups is 2. The van der Waals surface area contributed by atoms with E-state index in [0.29, 0.717) is 29.0 Å². The van der Waals surface area contributed by atoms with Crippen molar-refractivity contribution in [1.29, 1.82) is 0 Å². The van der Waals surface area contributed by atoms with Gasteiger partial charge in [-0.3, -0.25) is 10.1 Å². The van der Waals surface area contributed by atoms with E-state index in [0.717, 1.165) is 40.6 Å². The van der Waals surface area contributed by atoms with Crippen molar-refractivity contribution in [2.24, 2.45) is 0 Å². The van der Waals surface area contributed by atoms with Crippen LogP contribution in [0.3, 0.4) is 0 Å².